The van der Waals surface area contributed by atoms with Crippen LogP contribution in [0.1, 0.15) is 25.3 Å². The second kappa shape index (κ2) is 8.22. The molecule has 2 unspecified atom stereocenters. The lowest BCUT2D eigenvalue weighted by molar-refractivity contribution is -0.126. The minimum atomic E-state index is -0.206. The van der Waals surface area contributed by atoms with E-state index in [0.29, 0.717) is 12.0 Å². The van der Waals surface area contributed by atoms with Gasteiger partial charge in [0.05, 0.1) is 5.92 Å². The van der Waals surface area contributed by atoms with Gasteiger partial charge in [0, 0.05) is 12.6 Å². The van der Waals surface area contributed by atoms with Crippen molar-refractivity contribution in [2.45, 2.75) is 32.2 Å². The van der Waals surface area contributed by atoms with E-state index < -0.39 is 0 Å². The Morgan fingerprint density at radius 3 is 2.90 bits per heavy atom. The van der Waals surface area contributed by atoms with Gasteiger partial charge in [0.2, 0.25) is 5.91 Å². The highest BCUT2D eigenvalue weighted by Gasteiger charge is 2.22. The van der Waals surface area contributed by atoms with Gasteiger partial charge in [-0.25, -0.2) is 4.39 Å². The fraction of sp³-hybridized carbons (Fsp3) is 0.533. The van der Waals surface area contributed by atoms with Crippen LogP contribution in [0.25, 0.3) is 0 Å². The molecule has 1 aromatic carbocycles. The molecule has 0 saturated carbocycles. The molecule has 1 aliphatic rings. The molecule has 0 aliphatic carbocycles. The van der Waals surface area contributed by atoms with E-state index in [2.05, 4.69) is 10.6 Å². The molecule has 20 heavy (non-hydrogen) atoms. The lowest BCUT2D eigenvalue weighted by atomic mass is 9.98. The van der Waals surface area contributed by atoms with Crippen LogP contribution in [0.5, 0.6) is 0 Å². The summed E-state index contributed by atoms with van der Waals surface area (Å²) in [4.78, 5) is 12.0. The van der Waals surface area contributed by atoms with Gasteiger partial charge in [-0.2, -0.15) is 0 Å². The molecule has 1 heterocycles. The molecule has 0 aromatic heterocycles. The average Bonchev–Trinajstić information content (AvgIpc) is 2.42. The summed E-state index contributed by atoms with van der Waals surface area (Å²) < 4.78 is 13.5. The second-order valence-corrected chi connectivity index (χ2v) is 5.25. The van der Waals surface area contributed by atoms with Crippen LogP contribution in [-0.4, -0.2) is 25.0 Å². The predicted octanol–water partition coefficient (Wildman–Crippen LogP) is 2.29. The topological polar surface area (TPSA) is 41.1 Å². The molecule has 0 spiro atoms. The van der Waals surface area contributed by atoms with Crippen LogP contribution < -0.4 is 10.6 Å². The Morgan fingerprint density at radius 2 is 2.25 bits per heavy atom. The molecule has 112 valence electrons. The molecule has 2 N–H and O–H groups in total. The summed E-state index contributed by atoms with van der Waals surface area (Å²) in [5, 5.41) is 6.21. The van der Waals surface area contributed by atoms with Gasteiger partial charge in [-0.1, -0.05) is 18.2 Å². The third-order valence-corrected chi connectivity index (χ3v) is 3.54. The third kappa shape index (κ3) is 4.76. The van der Waals surface area contributed by atoms with Gasteiger partial charge in [0.1, 0.15) is 5.82 Å². The Bertz CT molecular complexity index is 436. The quantitative estimate of drug-likeness (QED) is 0.896. The third-order valence-electron chi connectivity index (χ3n) is 3.54. The molecule has 3 nitrogen and oxygen atoms in total. The maximum Gasteiger partial charge on any atom is 0.224 e. The molecule has 1 saturated heterocycles. The van der Waals surface area contributed by atoms with Gasteiger partial charge in [-0.15, -0.1) is 12.4 Å². The molecule has 2 rings (SSSR count). The smallest absolute Gasteiger partial charge is 0.224 e. The Balaban J connectivity index is 0.00000200. The molecule has 0 radical (unpaired) electrons. The van der Waals surface area contributed by atoms with Gasteiger partial charge in [0.25, 0.3) is 0 Å². The fourth-order valence-electron chi connectivity index (χ4n) is 2.48. The summed E-state index contributed by atoms with van der Waals surface area (Å²) in [6.07, 6.45) is 2.50. The Hall–Kier alpha value is -1.13. The van der Waals surface area contributed by atoms with Gasteiger partial charge in [0.15, 0.2) is 0 Å². The SMILES string of the molecule is CC(Cc1ccccc1F)NC(=O)C1CCCNC1.Cl. The van der Waals surface area contributed by atoms with Crippen molar-refractivity contribution in [3.05, 3.63) is 35.6 Å². The monoisotopic (exact) mass is 300 g/mol. The number of hydrogen-bond acceptors (Lipinski definition) is 2. The molecule has 1 aromatic rings. The van der Waals surface area contributed by atoms with Crippen LogP contribution in [0, 0.1) is 11.7 Å². The average molecular weight is 301 g/mol. The first-order valence-electron chi connectivity index (χ1n) is 6.91. The van der Waals surface area contributed by atoms with Gasteiger partial charge < -0.3 is 10.6 Å². The first-order chi connectivity index (χ1) is 9.16. The van der Waals surface area contributed by atoms with Crippen molar-refractivity contribution in [3.63, 3.8) is 0 Å². The van der Waals surface area contributed by atoms with Gasteiger partial charge >= 0.3 is 0 Å². The van der Waals surface area contributed by atoms with Crippen LogP contribution in [0.3, 0.4) is 0 Å². The van der Waals surface area contributed by atoms with E-state index in [1.54, 1.807) is 12.1 Å². The van der Waals surface area contributed by atoms with Crippen LogP contribution in [0.2, 0.25) is 0 Å². The molecule has 5 heteroatoms. The van der Waals surface area contributed by atoms with Crippen molar-refractivity contribution < 1.29 is 9.18 Å². The first-order valence-corrected chi connectivity index (χ1v) is 6.91. The zero-order valence-corrected chi connectivity index (χ0v) is 12.5. The molecule has 1 amide bonds. The minimum absolute atomic E-state index is 0. The fourth-order valence-corrected chi connectivity index (χ4v) is 2.48. The van der Waals surface area contributed by atoms with Crippen molar-refractivity contribution in [1.29, 1.82) is 0 Å². The zero-order valence-electron chi connectivity index (χ0n) is 11.7. The number of halogens is 2. The Morgan fingerprint density at radius 1 is 1.50 bits per heavy atom. The standard InChI is InChI=1S/C15H21FN2O.ClH/c1-11(9-12-5-2-3-7-14(12)16)18-15(19)13-6-4-8-17-10-13;/h2-3,5,7,11,13,17H,4,6,8-10H2,1H3,(H,18,19);1H. The summed E-state index contributed by atoms with van der Waals surface area (Å²) >= 11 is 0. The van der Waals surface area contributed by atoms with Crippen molar-refractivity contribution >= 4 is 18.3 Å². The highest BCUT2D eigenvalue weighted by molar-refractivity contribution is 5.85. The van der Waals surface area contributed by atoms with Crippen LogP contribution in [-0.2, 0) is 11.2 Å². The Kier molecular flexibility index (Phi) is 6.96. The number of carbonyl (C=O) groups excluding carboxylic acids is 1. The van der Waals surface area contributed by atoms with Gasteiger partial charge in [-0.05, 0) is 44.4 Å². The van der Waals surface area contributed by atoms with Crippen molar-refractivity contribution in [1.82, 2.24) is 10.6 Å². The number of hydrogen-bond donors (Lipinski definition) is 2. The van der Waals surface area contributed by atoms with Crippen molar-refractivity contribution in [2.24, 2.45) is 5.92 Å². The van der Waals surface area contributed by atoms with E-state index in [4.69, 9.17) is 0 Å². The first kappa shape index (κ1) is 16.9. The van der Waals surface area contributed by atoms with Gasteiger partial charge in [-0.3, -0.25) is 4.79 Å². The second-order valence-electron chi connectivity index (χ2n) is 5.25. The lowest BCUT2D eigenvalue weighted by Gasteiger charge is -2.24. The molecular weight excluding hydrogens is 279 g/mol. The zero-order chi connectivity index (χ0) is 13.7. The number of nitrogens with one attached hydrogen (secondary N) is 2. The molecular formula is C15H22ClFN2O. The highest BCUT2D eigenvalue weighted by Crippen LogP contribution is 2.12. The molecule has 0 bridgehead atoms. The van der Waals surface area contributed by atoms with E-state index in [1.807, 2.05) is 13.0 Å². The maximum atomic E-state index is 13.5. The largest absolute Gasteiger partial charge is 0.353 e. The molecule has 1 fully saturated rings. The highest BCUT2D eigenvalue weighted by atomic mass is 35.5. The van der Waals surface area contributed by atoms with Crippen molar-refractivity contribution in [2.75, 3.05) is 13.1 Å². The molecule has 1 aliphatic heterocycles. The minimum Gasteiger partial charge on any atom is -0.353 e. The van der Waals surface area contributed by atoms with E-state index in [1.165, 1.54) is 6.07 Å². The Labute approximate surface area is 125 Å². The maximum absolute atomic E-state index is 13.5. The van der Waals surface area contributed by atoms with E-state index >= 15 is 0 Å². The summed E-state index contributed by atoms with van der Waals surface area (Å²) in [6, 6.07) is 6.66. The lowest BCUT2D eigenvalue weighted by Crippen LogP contribution is -2.44. The number of carbonyl (C=O) groups is 1. The summed E-state index contributed by atoms with van der Waals surface area (Å²) in [5.74, 6) is -0.0733. The van der Waals surface area contributed by atoms with Crippen LogP contribution in [0.15, 0.2) is 24.3 Å². The van der Waals surface area contributed by atoms with E-state index in [0.717, 1.165) is 25.9 Å². The normalized spacial score (nSPS) is 19.8. The van der Waals surface area contributed by atoms with Crippen LogP contribution in [0.4, 0.5) is 4.39 Å². The van der Waals surface area contributed by atoms with Crippen LogP contribution >= 0.6 is 12.4 Å². The van der Waals surface area contributed by atoms with E-state index in [-0.39, 0.29) is 36.1 Å². The number of piperidine rings is 1. The summed E-state index contributed by atoms with van der Waals surface area (Å²) in [7, 11) is 0. The number of benzene rings is 1. The van der Waals surface area contributed by atoms with E-state index in [9.17, 15) is 9.18 Å². The number of rotatable bonds is 4. The predicted molar refractivity (Wildman–Crippen MR) is 80.6 cm³/mol. The number of amides is 1. The summed E-state index contributed by atoms with van der Waals surface area (Å²) in [5.41, 5.74) is 0.650. The van der Waals surface area contributed by atoms with Crippen molar-refractivity contribution in [3.8, 4) is 0 Å². The summed E-state index contributed by atoms with van der Waals surface area (Å²) in [6.45, 7) is 3.66. The molecule has 2 atom stereocenters.